The Labute approximate surface area is 175 Å². The van der Waals surface area contributed by atoms with Crippen molar-refractivity contribution < 1.29 is 9.15 Å². The van der Waals surface area contributed by atoms with Crippen LogP contribution >= 0.6 is 0 Å². The third-order valence-electron chi connectivity index (χ3n) is 5.61. The van der Waals surface area contributed by atoms with Crippen molar-refractivity contribution in [2.45, 2.75) is 26.4 Å². The molecule has 0 N–H and O–H groups in total. The van der Waals surface area contributed by atoms with Crippen LogP contribution in [-0.2, 0) is 6.42 Å². The van der Waals surface area contributed by atoms with Gasteiger partial charge in [-0.15, -0.1) is 0 Å². The van der Waals surface area contributed by atoms with E-state index in [9.17, 15) is 0 Å². The van der Waals surface area contributed by atoms with Crippen molar-refractivity contribution in [2.24, 2.45) is 0 Å². The van der Waals surface area contributed by atoms with E-state index < -0.39 is 0 Å². The Hall–Kier alpha value is -3.59. The summed E-state index contributed by atoms with van der Waals surface area (Å²) in [4.78, 5) is 5.04. The predicted octanol–water partition coefficient (Wildman–Crippen LogP) is 7.35. The lowest BCUT2D eigenvalue weighted by molar-refractivity contribution is 0.230. The minimum atomic E-state index is -0.0422. The van der Waals surface area contributed by atoms with Gasteiger partial charge in [-0.05, 0) is 48.7 Å². The highest BCUT2D eigenvalue weighted by Gasteiger charge is 2.15. The molecule has 30 heavy (non-hydrogen) atoms. The number of hydrogen-bond acceptors (Lipinski definition) is 3. The van der Waals surface area contributed by atoms with E-state index in [1.54, 1.807) is 6.26 Å². The Kier molecular flexibility index (Phi) is 4.72. The third kappa shape index (κ3) is 3.22. The molecule has 0 aliphatic carbocycles. The van der Waals surface area contributed by atoms with Crippen molar-refractivity contribution >= 4 is 21.9 Å². The molecule has 5 aromatic rings. The van der Waals surface area contributed by atoms with Gasteiger partial charge in [-0.25, -0.2) is 4.98 Å². The Morgan fingerprint density at radius 1 is 0.867 bits per heavy atom. The van der Waals surface area contributed by atoms with E-state index in [-0.39, 0.29) is 6.10 Å². The summed E-state index contributed by atoms with van der Waals surface area (Å²) in [5, 5.41) is 2.11. The van der Waals surface area contributed by atoms with Crippen LogP contribution in [0.2, 0.25) is 0 Å². The van der Waals surface area contributed by atoms with Gasteiger partial charge >= 0.3 is 0 Å². The largest absolute Gasteiger partial charge is 0.485 e. The maximum Gasteiger partial charge on any atom is 0.134 e. The third-order valence-corrected chi connectivity index (χ3v) is 5.61. The molecule has 0 aliphatic rings. The molecule has 0 radical (unpaired) electrons. The van der Waals surface area contributed by atoms with Crippen molar-refractivity contribution in [1.82, 2.24) is 4.98 Å². The van der Waals surface area contributed by atoms with E-state index in [4.69, 9.17) is 14.1 Å². The zero-order valence-corrected chi connectivity index (χ0v) is 17.1. The molecule has 3 heteroatoms. The van der Waals surface area contributed by atoms with Gasteiger partial charge in [0.05, 0.1) is 11.2 Å². The normalized spacial score (nSPS) is 12.3. The number of benzene rings is 3. The zero-order valence-electron chi connectivity index (χ0n) is 17.1. The van der Waals surface area contributed by atoms with E-state index in [2.05, 4.69) is 56.3 Å². The van der Waals surface area contributed by atoms with Crippen molar-refractivity contribution in [3.8, 4) is 17.0 Å². The summed E-state index contributed by atoms with van der Waals surface area (Å²) < 4.78 is 12.1. The number of rotatable bonds is 5. The van der Waals surface area contributed by atoms with Crippen LogP contribution in [0.15, 0.2) is 89.5 Å². The van der Waals surface area contributed by atoms with Crippen LogP contribution in [0.1, 0.15) is 31.1 Å². The Bertz CT molecular complexity index is 1320. The average molecular weight is 393 g/mol. The summed E-state index contributed by atoms with van der Waals surface area (Å²) in [6, 6.07) is 26.7. The molecule has 2 heterocycles. The number of aryl methyl sites for hydroxylation is 1. The molecule has 0 unspecified atom stereocenters. The summed E-state index contributed by atoms with van der Waals surface area (Å²) >= 11 is 0. The number of aromatic nitrogens is 1. The van der Waals surface area contributed by atoms with Gasteiger partial charge in [0.25, 0.3) is 0 Å². The molecule has 0 amide bonds. The minimum absolute atomic E-state index is 0.0422. The monoisotopic (exact) mass is 393 g/mol. The van der Waals surface area contributed by atoms with Gasteiger partial charge in [0.15, 0.2) is 0 Å². The van der Waals surface area contributed by atoms with Crippen LogP contribution in [0.4, 0.5) is 0 Å². The fourth-order valence-electron chi connectivity index (χ4n) is 3.94. The molecule has 3 nitrogen and oxygen atoms in total. The number of para-hydroxylation sites is 1. The minimum Gasteiger partial charge on any atom is -0.485 e. The highest BCUT2D eigenvalue weighted by molar-refractivity contribution is 5.96. The van der Waals surface area contributed by atoms with Crippen LogP contribution < -0.4 is 4.74 Å². The lowest BCUT2D eigenvalue weighted by Gasteiger charge is -2.18. The van der Waals surface area contributed by atoms with Crippen molar-refractivity contribution in [1.29, 1.82) is 0 Å². The second kappa shape index (κ2) is 7.68. The first-order valence-corrected chi connectivity index (χ1v) is 10.4. The summed E-state index contributed by atoms with van der Waals surface area (Å²) in [6.45, 7) is 4.23. The SMILES string of the molecule is CCc1ccc(O[C@H](C)c2ccccc2)c2ccc(-c3coc4ccccc34)nc12. The van der Waals surface area contributed by atoms with Crippen molar-refractivity contribution in [2.75, 3.05) is 0 Å². The van der Waals surface area contributed by atoms with E-state index in [0.29, 0.717) is 0 Å². The highest BCUT2D eigenvalue weighted by atomic mass is 16.5. The molecular formula is C27H23NO2. The summed E-state index contributed by atoms with van der Waals surface area (Å²) in [7, 11) is 0. The predicted molar refractivity (Wildman–Crippen MR) is 122 cm³/mol. The number of hydrogen-bond donors (Lipinski definition) is 0. The van der Waals surface area contributed by atoms with E-state index >= 15 is 0 Å². The van der Waals surface area contributed by atoms with Gasteiger partial charge in [-0.1, -0.05) is 61.5 Å². The lowest BCUT2D eigenvalue weighted by atomic mass is 10.0. The second-order valence-corrected chi connectivity index (χ2v) is 7.49. The average Bonchev–Trinajstić information content (AvgIpc) is 3.23. The fraction of sp³-hybridized carbons (Fsp3) is 0.148. The van der Waals surface area contributed by atoms with Crippen LogP contribution in [-0.4, -0.2) is 4.98 Å². The molecule has 5 rings (SSSR count). The van der Waals surface area contributed by atoms with E-state index in [0.717, 1.165) is 50.9 Å². The zero-order chi connectivity index (χ0) is 20.5. The smallest absolute Gasteiger partial charge is 0.134 e. The lowest BCUT2D eigenvalue weighted by Crippen LogP contribution is -2.04. The van der Waals surface area contributed by atoms with Gasteiger partial charge in [-0.3, -0.25) is 0 Å². The summed E-state index contributed by atoms with van der Waals surface area (Å²) in [5.41, 5.74) is 6.14. The molecule has 2 aromatic heterocycles. The number of pyridine rings is 1. The fourth-order valence-corrected chi connectivity index (χ4v) is 3.94. The first kappa shape index (κ1) is 18.4. The van der Waals surface area contributed by atoms with Gasteiger partial charge < -0.3 is 9.15 Å². The molecular weight excluding hydrogens is 370 g/mol. The molecule has 0 saturated heterocycles. The van der Waals surface area contributed by atoms with Crippen molar-refractivity contribution in [3.63, 3.8) is 0 Å². The van der Waals surface area contributed by atoms with E-state index in [1.165, 1.54) is 5.56 Å². The Balaban J connectivity index is 1.60. The molecule has 0 bridgehead atoms. The van der Waals surface area contributed by atoms with Crippen LogP contribution in [0, 0.1) is 0 Å². The van der Waals surface area contributed by atoms with Gasteiger partial charge in [0.2, 0.25) is 0 Å². The standard InChI is InChI=1S/C27H23NO2/c1-3-19-13-16-26(30-18(2)20-9-5-4-6-10-20)22-14-15-24(28-27(19)22)23-17-29-25-12-8-7-11-21(23)25/h4-18H,3H2,1-2H3/t18-/m1/s1. The molecule has 3 aromatic carbocycles. The first-order valence-electron chi connectivity index (χ1n) is 10.4. The Morgan fingerprint density at radius 2 is 1.67 bits per heavy atom. The van der Waals surface area contributed by atoms with Crippen LogP contribution in [0.5, 0.6) is 5.75 Å². The van der Waals surface area contributed by atoms with Gasteiger partial charge in [-0.2, -0.15) is 0 Å². The van der Waals surface area contributed by atoms with E-state index in [1.807, 2.05) is 36.4 Å². The maximum absolute atomic E-state index is 6.36. The molecule has 148 valence electrons. The molecule has 0 fully saturated rings. The summed E-state index contributed by atoms with van der Waals surface area (Å²) in [6.07, 6.45) is 2.66. The van der Waals surface area contributed by atoms with Crippen LogP contribution in [0.3, 0.4) is 0 Å². The first-order chi connectivity index (χ1) is 14.7. The number of ether oxygens (including phenoxy) is 1. The topological polar surface area (TPSA) is 35.3 Å². The number of fused-ring (bicyclic) bond motifs is 2. The number of furan rings is 1. The maximum atomic E-state index is 6.36. The molecule has 0 aliphatic heterocycles. The number of nitrogens with zero attached hydrogens (tertiary/aromatic N) is 1. The quantitative estimate of drug-likeness (QED) is 0.313. The molecule has 0 spiro atoms. The second-order valence-electron chi connectivity index (χ2n) is 7.49. The Morgan fingerprint density at radius 3 is 2.50 bits per heavy atom. The molecule has 0 saturated carbocycles. The highest BCUT2D eigenvalue weighted by Crippen LogP contribution is 2.35. The van der Waals surface area contributed by atoms with Crippen molar-refractivity contribution in [3.05, 3.63) is 96.3 Å². The summed E-state index contributed by atoms with van der Waals surface area (Å²) in [5.74, 6) is 0.856. The molecule has 1 atom stereocenters. The van der Waals surface area contributed by atoms with Gasteiger partial charge in [0, 0.05) is 16.3 Å². The van der Waals surface area contributed by atoms with Gasteiger partial charge in [0.1, 0.15) is 23.7 Å². The van der Waals surface area contributed by atoms with Crippen LogP contribution in [0.25, 0.3) is 33.1 Å².